The molecule has 2 aliphatic rings. The Morgan fingerprint density at radius 3 is 2.55 bits per heavy atom. The van der Waals surface area contributed by atoms with Gasteiger partial charge < -0.3 is 20.3 Å². The largest absolute Gasteiger partial charge is 0.450 e. The predicted octanol–water partition coefficient (Wildman–Crippen LogP) is 3.71. The summed E-state index contributed by atoms with van der Waals surface area (Å²) in [6.45, 7) is 2.77. The number of alkyl halides is 3. The molecule has 0 aliphatic carbocycles. The molecule has 2 N–H and O–H groups in total. The topological polar surface area (TPSA) is 70.7 Å². The van der Waals surface area contributed by atoms with E-state index in [4.69, 9.17) is 4.74 Å². The van der Waals surface area contributed by atoms with Crippen molar-refractivity contribution in [3.63, 3.8) is 0 Å². The van der Waals surface area contributed by atoms with Crippen molar-refractivity contribution in [3.05, 3.63) is 35.1 Å². The molecule has 3 atom stereocenters. The van der Waals surface area contributed by atoms with Crippen LogP contribution in [0.3, 0.4) is 0 Å². The standard InChI is InChI=1S/C21H27F4N3O3/c1-2-31-20(30)28-15-5-4-14(12-16(28)7-6-15)26-9-10-27-19(29)13-3-8-18(22)17(11-13)21(23,24)25/h3,8,11,14-16,26H,2,4-7,9-10,12H2,1H3,(H,27,29). The van der Waals surface area contributed by atoms with Crippen molar-refractivity contribution in [1.82, 2.24) is 15.5 Å². The molecule has 0 radical (unpaired) electrons. The number of rotatable bonds is 6. The SMILES string of the molecule is CCOC(=O)N1C2CCC(NCCNC(=O)c3ccc(F)c(C(F)(F)F)c3)CC1CC2. The maximum Gasteiger partial charge on any atom is 0.419 e. The van der Waals surface area contributed by atoms with E-state index in [1.54, 1.807) is 6.92 Å². The van der Waals surface area contributed by atoms with Crippen LogP contribution in [0.5, 0.6) is 0 Å². The Bertz CT molecular complexity index is 803. The van der Waals surface area contributed by atoms with Crippen LogP contribution >= 0.6 is 0 Å². The van der Waals surface area contributed by atoms with E-state index in [9.17, 15) is 27.2 Å². The first kappa shape index (κ1) is 23.3. The molecule has 2 saturated heterocycles. The fourth-order valence-electron chi connectivity index (χ4n) is 4.44. The van der Waals surface area contributed by atoms with E-state index in [-0.39, 0.29) is 36.3 Å². The van der Waals surface area contributed by atoms with Crippen LogP contribution in [0.15, 0.2) is 18.2 Å². The number of carbonyl (C=O) groups is 2. The Hall–Kier alpha value is -2.36. The quantitative estimate of drug-likeness (QED) is 0.518. The summed E-state index contributed by atoms with van der Waals surface area (Å²) in [5.74, 6) is -2.11. The molecule has 3 rings (SSSR count). The van der Waals surface area contributed by atoms with Crippen molar-refractivity contribution in [1.29, 1.82) is 0 Å². The lowest BCUT2D eigenvalue weighted by molar-refractivity contribution is -0.140. The van der Waals surface area contributed by atoms with Crippen molar-refractivity contribution in [3.8, 4) is 0 Å². The van der Waals surface area contributed by atoms with Gasteiger partial charge in [-0.15, -0.1) is 0 Å². The van der Waals surface area contributed by atoms with Gasteiger partial charge in [0.25, 0.3) is 5.91 Å². The Labute approximate surface area is 178 Å². The van der Waals surface area contributed by atoms with Gasteiger partial charge in [-0.2, -0.15) is 13.2 Å². The van der Waals surface area contributed by atoms with Gasteiger partial charge in [0.2, 0.25) is 0 Å². The number of hydrogen-bond acceptors (Lipinski definition) is 4. The van der Waals surface area contributed by atoms with Crippen LogP contribution in [0.2, 0.25) is 0 Å². The number of carbonyl (C=O) groups excluding carboxylic acids is 2. The smallest absolute Gasteiger partial charge is 0.419 e. The summed E-state index contributed by atoms with van der Waals surface area (Å²) in [6, 6.07) is 2.68. The van der Waals surface area contributed by atoms with Crippen LogP contribution in [-0.2, 0) is 10.9 Å². The highest BCUT2D eigenvalue weighted by Gasteiger charge is 2.41. The van der Waals surface area contributed by atoms with E-state index in [1.165, 1.54) is 0 Å². The van der Waals surface area contributed by atoms with E-state index < -0.39 is 23.5 Å². The third-order valence-corrected chi connectivity index (χ3v) is 5.88. The van der Waals surface area contributed by atoms with E-state index in [1.807, 2.05) is 4.90 Å². The lowest BCUT2D eigenvalue weighted by atomic mass is 9.97. The minimum atomic E-state index is -4.86. The average molecular weight is 445 g/mol. The lowest BCUT2D eigenvalue weighted by Crippen LogP contribution is -2.42. The second kappa shape index (κ2) is 9.84. The zero-order valence-electron chi connectivity index (χ0n) is 17.3. The van der Waals surface area contributed by atoms with E-state index >= 15 is 0 Å². The van der Waals surface area contributed by atoms with Crippen LogP contribution in [0, 0.1) is 5.82 Å². The summed E-state index contributed by atoms with van der Waals surface area (Å²) < 4.78 is 57.0. The normalized spacial score (nSPS) is 23.4. The summed E-state index contributed by atoms with van der Waals surface area (Å²) >= 11 is 0. The van der Waals surface area contributed by atoms with Gasteiger partial charge in [0.1, 0.15) is 5.82 Å². The number of benzene rings is 1. The zero-order valence-corrected chi connectivity index (χ0v) is 17.3. The molecule has 2 heterocycles. The molecule has 2 fully saturated rings. The molecule has 1 aromatic carbocycles. The zero-order chi connectivity index (χ0) is 22.6. The molecule has 0 aromatic heterocycles. The third kappa shape index (κ3) is 5.66. The van der Waals surface area contributed by atoms with Gasteiger partial charge in [-0.25, -0.2) is 9.18 Å². The average Bonchev–Trinajstić information content (AvgIpc) is 3.00. The van der Waals surface area contributed by atoms with Crippen LogP contribution in [0.4, 0.5) is 22.4 Å². The summed E-state index contributed by atoms with van der Waals surface area (Å²) in [6.07, 6.45) is -0.670. The summed E-state index contributed by atoms with van der Waals surface area (Å²) in [5, 5.41) is 5.91. The van der Waals surface area contributed by atoms with Crippen molar-refractivity contribution in [2.24, 2.45) is 0 Å². The fraction of sp³-hybridized carbons (Fsp3) is 0.619. The fourth-order valence-corrected chi connectivity index (χ4v) is 4.44. The van der Waals surface area contributed by atoms with Crippen molar-refractivity contribution >= 4 is 12.0 Å². The number of ether oxygens (including phenoxy) is 1. The van der Waals surface area contributed by atoms with Gasteiger partial charge in [-0.1, -0.05) is 0 Å². The van der Waals surface area contributed by atoms with Crippen molar-refractivity contribution in [2.75, 3.05) is 19.7 Å². The molecule has 0 saturated carbocycles. The second-order valence-electron chi connectivity index (χ2n) is 7.90. The third-order valence-electron chi connectivity index (χ3n) is 5.88. The first-order chi connectivity index (χ1) is 14.7. The molecule has 2 aliphatic heterocycles. The van der Waals surface area contributed by atoms with Crippen LogP contribution in [-0.4, -0.2) is 54.7 Å². The van der Waals surface area contributed by atoms with E-state index in [0.29, 0.717) is 25.3 Å². The Morgan fingerprint density at radius 1 is 1.13 bits per heavy atom. The van der Waals surface area contributed by atoms with Crippen LogP contribution < -0.4 is 10.6 Å². The summed E-state index contributed by atoms with van der Waals surface area (Å²) in [7, 11) is 0. The Balaban J connectivity index is 1.47. The number of fused-ring (bicyclic) bond motifs is 2. The molecule has 6 nitrogen and oxygen atoms in total. The Morgan fingerprint density at radius 2 is 1.84 bits per heavy atom. The Kier molecular flexibility index (Phi) is 7.40. The number of hydrogen-bond donors (Lipinski definition) is 2. The monoisotopic (exact) mass is 445 g/mol. The van der Waals surface area contributed by atoms with Gasteiger partial charge in [0.05, 0.1) is 12.2 Å². The first-order valence-corrected chi connectivity index (χ1v) is 10.5. The van der Waals surface area contributed by atoms with Crippen molar-refractivity contribution < 1.29 is 31.9 Å². The molecule has 1 aromatic rings. The maximum absolute atomic E-state index is 13.4. The molecular weight excluding hydrogens is 418 g/mol. The van der Waals surface area contributed by atoms with E-state index in [0.717, 1.165) is 38.2 Å². The molecule has 0 spiro atoms. The lowest BCUT2D eigenvalue weighted by Gasteiger charge is -2.27. The van der Waals surface area contributed by atoms with Crippen molar-refractivity contribution in [2.45, 2.75) is 63.3 Å². The summed E-state index contributed by atoms with van der Waals surface area (Å²) in [5.41, 5.74) is -1.71. The van der Waals surface area contributed by atoms with Gasteiger partial charge in [0, 0.05) is 36.8 Å². The molecular formula is C21H27F4N3O3. The second-order valence-corrected chi connectivity index (χ2v) is 7.90. The molecule has 172 valence electrons. The van der Waals surface area contributed by atoms with Gasteiger partial charge in [-0.3, -0.25) is 4.79 Å². The number of nitrogens with one attached hydrogen (secondary N) is 2. The minimum Gasteiger partial charge on any atom is -0.450 e. The highest BCUT2D eigenvalue weighted by Crippen LogP contribution is 2.35. The molecule has 2 bridgehead atoms. The summed E-state index contributed by atoms with van der Waals surface area (Å²) in [4.78, 5) is 26.2. The maximum atomic E-state index is 13.4. The van der Waals surface area contributed by atoms with Gasteiger partial charge in [-0.05, 0) is 57.2 Å². The number of amides is 2. The molecule has 2 amide bonds. The molecule has 31 heavy (non-hydrogen) atoms. The molecule has 10 heteroatoms. The number of nitrogens with zero attached hydrogens (tertiary/aromatic N) is 1. The first-order valence-electron chi connectivity index (χ1n) is 10.5. The highest BCUT2D eigenvalue weighted by atomic mass is 19.4. The van der Waals surface area contributed by atoms with Crippen LogP contribution in [0.25, 0.3) is 0 Å². The molecule has 3 unspecified atom stereocenters. The minimum absolute atomic E-state index is 0.124. The van der Waals surface area contributed by atoms with Gasteiger partial charge in [0.15, 0.2) is 0 Å². The predicted molar refractivity (Wildman–Crippen MR) is 105 cm³/mol. The van der Waals surface area contributed by atoms with Crippen LogP contribution in [0.1, 0.15) is 54.9 Å². The van der Waals surface area contributed by atoms with Gasteiger partial charge >= 0.3 is 12.3 Å². The van der Waals surface area contributed by atoms with E-state index in [2.05, 4.69) is 10.6 Å². The highest BCUT2D eigenvalue weighted by molar-refractivity contribution is 5.94. The number of halogens is 4.